The highest BCUT2D eigenvalue weighted by molar-refractivity contribution is 7.91. The van der Waals surface area contributed by atoms with E-state index in [4.69, 9.17) is 9.15 Å². The van der Waals surface area contributed by atoms with Gasteiger partial charge in [0.15, 0.2) is 5.76 Å². The molecule has 0 saturated heterocycles. The molecule has 1 amide bonds. The molecule has 4 aromatic rings. The highest BCUT2D eigenvalue weighted by Crippen LogP contribution is 2.23. The number of anilines is 1. The maximum absolute atomic E-state index is 12.6. The van der Waals surface area contributed by atoms with Crippen LogP contribution < -0.4 is 10.1 Å². The molecule has 0 aliphatic rings. The van der Waals surface area contributed by atoms with E-state index in [1.807, 2.05) is 42.5 Å². The van der Waals surface area contributed by atoms with E-state index in [0.29, 0.717) is 11.5 Å². The van der Waals surface area contributed by atoms with Crippen molar-refractivity contribution in [3.63, 3.8) is 0 Å². The number of nitrogens with one attached hydrogen (secondary N) is 1. The number of sulfone groups is 1. The van der Waals surface area contributed by atoms with Crippen molar-refractivity contribution in [1.82, 2.24) is 0 Å². The summed E-state index contributed by atoms with van der Waals surface area (Å²) in [6.07, 6.45) is 0. The van der Waals surface area contributed by atoms with Gasteiger partial charge in [0, 0.05) is 5.69 Å². The van der Waals surface area contributed by atoms with Gasteiger partial charge in [-0.05, 0) is 59.3 Å². The number of halogens is 2. The van der Waals surface area contributed by atoms with Gasteiger partial charge in [0.2, 0.25) is 9.84 Å². The highest BCUT2D eigenvalue weighted by atomic mass is 32.2. The zero-order chi connectivity index (χ0) is 22.7. The number of hydrogen-bond acceptors (Lipinski definition) is 5. The fourth-order valence-corrected chi connectivity index (χ4v) is 3.73. The smallest absolute Gasteiger partial charge is 0.341 e. The molecule has 0 aliphatic heterocycles. The summed E-state index contributed by atoms with van der Waals surface area (Å²) >= 11 is 0. The normalized spacial score (nSPS) is 11.6. The molecule has 32 heavy (non-hydrogen) atoms. The third kappa shape index (κ3) is 4.62. The average molecular weight is 457 g/mol. The van der Waals surface area contributed by atoms with Crippen molar-refractivity contribution in [3.05, 3.63) is 90.4 Å². The summed E-state index contributed by atoms with van der Waals surface area (Å²) in [6, 6.07) is 21.1. The molecule has 9 heteroatoms. The van der Waals surface area contributed by atoms with Crippen LogP contribution in [0, 0.1) is 0 Å². The van der Waals surface area contributed by atoms with Crippen LogP contribution in [0.2, 0.25) is 0 Å². The van der Waals surface area contributed by atoms with E-state index in [1.165, 1.54) is 18.2 Å². The first-order chi connectivity index (χ1) is 15.3. The SMILES string of the molecule is O=C(Nc1ccc(S(=O)(=O)C(F)F)cc1)c1ccc(COc2ccc3ccccc3c2)o1. The van der Waals surface area contributed by atoms with Gasteiger partial charge in [-0.25, -0.2) is 8.42 Å². The maximum Gasteiger partial charge on any atom is 0.341 e. The Bertz CT molecular complexity index is 1360. The van der Waals surface area contributed by atoms with Gasteiger partial charge >= 0.3 is 5.76 Å². The summed E-state index contributed by atoms with van der Waals surface area (Å²) in [7, 11) is -4.69. The predicted octanol–water partition coefficient (Wildman–Crippen LogP) is 5.26. The molecule has 4 rings (SSSR count). The first kappa shape index (κ1) is 21.5. The topological polar surface area (TPSA) is 85.6 Å². The van der Waals surface area contributed by atoms with Crippen LogP contribution in [-0.4, -0.2) is 20.1 Å². The highest BCUT2D eigenvalue weighted by Gasteiger charge is 2.26. The third-order valence-corrected chi connectivity index (χ3v) is 6.06. The second-order valence-corrected chi connectivity index (χ2v) is 8.77. The van der Waals surface area contributed by atoms with Crippen LogP contribution in [0.15, 0.2) is 88.2 Å². The molecule has 0 spiro atoms. The molecular formula is C23H17F2NO5S. The minimum Gasteiger partial charge on any atom is -0.486 e. The van der Waals surface area contributed by atoms with Gasteiger partial charge in [-0.3, -0.25) is 4.79 Å². The summed E-state index contributed by atoms with van der Waals surface area (Å²) < 4.78 is 59.3. The molecule has 6 nitrogen and oxygen atoms in total. The molecule has 164 valence electrons. The number of ether oxygens (including phenoxy) is 1. The monoisotopic (exact) mass is 457 g/mol. The van der Waals surface area contributed by atoms with Crippen LogP contribution in [0.4, 0.5) is 14.5 Å². The first-order valence-corrected chi connectivity index (χ1v) is 11.0. The van der Waals surface area contributed by atoms with Gasteiger partial charge < -0.3 is 14.5 Å². The van der Waals surface area contributed by atoms with Crippen molar-refractivity contribution in [3.8, 4) is 5.75 Å². The number of amides is 1. The van der Waals surface area contributed by atoms with E-state index < -0.39 is 26.4 Å². The van der Waals surface area contributed by atoms with E-state index >= 15 is 0 Å². The number of carbonyl (C=O) groups is 1. The van der Waals surface area contributed by atoms with E-state index in [0.717, 1.165) is 22.9 Å². The third-order valence-electron chi connectivity index (χ3n) is 4.66. The fraction of sp³-hybridized carbons (Fsp3) is 0.0870. The van der Waals surface area contributed by atoms with Crippen molar-refractivity contribution < 1.29 is 31.1 Å². The van der Waals surface area contributed by atoms with Crippen molar-refractivity contribution >= 4 is 32.2 Å². The van der Waals surface area contributed by atoms with Crippen LogP contribution in [-0.2, 0) is 16.4 Å². The Hall–Kier alpha value is -3.72. The number of benzene rings is 3. The number of alkyl halides is 2. The molecule has 0 unspecified atom stereocenters. The molecule has 0 radical (unpaired) electrons. The lowest BCUT2D eigenvalue weighted by Gasteiger charge is -2.07. The Morgan fingerprint density at radius 3 is 2.38 bits per heavy atom. The maximum atomic E-state index is 12.6. The standard InChI is InChI=1S/C23H17F2NO5S/c24-23(25)32(28,29)20-10-6-17(7-11-20)26-22(27)21-12-9-19(31-21)14-30-18-8-5-15-3-1-2-4-16(15)13-18/h1-13,23H,14H2,(H,26,27). The zero-order valence-corrected chi connectivity index (χ0v) is 17.3. The summed E-state index contributed by atoms with van der Waals surface area (Å²) in [6.45, 7) is 0.117. The second-order valence-electron chi connectivity index (χ2n) is 6.85. The van der Waals surface area contributed by atoms with Crippen LogP contribution in [0.3, 0.4) is 0 Å². The van der Waals surface area contributed by atoms with E-state index in [1.54, 1.807) is 6.07 Å². The number of furan rings is 1. The molecular weight excluding hydrogens is 440 g/mol. The van der Waals surface area contributed by atoms with Gasteiger partial charge in [-0.15, -0.1) is 0 Å². The molecule has 1 heterocycles. The molecule has 1 N–H and O–H groups in total. The molecule has 0 fully saturated rings. The van der Waals surface area contributed by atoms with Crippen LogP contribution in [0.25, 0.3) is 10.8 Å². The Morgan fingerprint density at radius 1 is 0.938 bits per heavy atom. The summed E-state index contributed by atoms with van der Waals surface area (Å²) in [5, 5.41) is 4.65. The van der Waals surface area contributed by atoms with Crippen molar-refractivity contribution in [2.75, 3.05) is 5.32 Å². The molecule has 0 bridgehead atoms. The Morgan fingerprint density at radius 2 is 1.66 bits per heavy atom. The van der Waals surface area contributed by atoms with Crippen molar-refractivity contribution in [2.24, 2.45) is 0 Å². The van der Waals surface area contributed by atoms with Gasteiger partial charge in [0.1, 0.15) is 18.1 Å². The van der Waals surface area contributed by atoms with E-state index in [9.17, 15) is 22.0 Å². The fourth-order valence-electron chi connectivity index (χ4n) is 3.01. The minimum absolute atomic E-state index is 0.0198. The quantitative estimate of drug-likeness (QED) is 0.409. The van der Waals surface area contributed by atoms with E-state index in [2.05, 4.69) is 5.32 Å². The van der Waals surface area contributed by atoms with Crippen molar-refractivity contribution in [1.29, 1.82) is 0 Å². The molecule has 0 saturated carbocycles. The Balaban J connectivity index is 1.38. The summed E-state index contributed by atoms with van der Waals surface area (Å²) in [5.41, 5.74) is 0.230. The Labute approximate surface area is 182 Å². The summed E-state index contributed by atoms with van der Waals surface area (Å²) in [4.78, 5) is 11.8. The van der Waals surface area contributed by atoms with Crippen molar-refractivity contribution in [2.45, 2.75) is 17.3 Å². The number of carbonyl (C=O) groups excluding carboxylic acids is 1. The van der Waals surface area contributed by atoms with Crippen LogP contribution in [0.1, 0.15) is 16.3 Å². The molecule has 0 atom stereocenters. The Kier molecular flexibility index (Phi) is 5.91. The first-order valence-electron chi connectivity index (χ1n) is 9.47. The number of hydrogen-bond donors (Lipinski definition) is 1. The lowest BCUT2D eigenvalue weighted by molar-refractivity contribution is 0.0992. The van der Waals surface area contributed by atoms with Gasteiger partial charge in [0.25, 0.3) is 5.91 Å². The zero-order valence-electron chi connectivity index (χ0n) is 16.5. The number of rotatable bonds is 7. The second kappa shape index (κ2) is 8.80. The molecule has 1 aromatic heterocycles. The van der Waals surface area contributed by atoms with Gasteiger partial charge in [0.05, 0.1) is 4.90 Å². The lowest BCUT2D eigenvalue weighted by atomic mass is 10.1. The minimum atomic E-state index is -4.69. The predicted molar refractivity (Wildman–Crippen MR) is 115 cm³/mol. The lowest BCUT2D eigenvalue weighted by Crippen LogP contribution is -2.13. The van der Waals surface area contributed by atoms with Crippen LogP contribution >= 0.6 is 0 Å². The van der Waals surface area contributed by atoms with Gasteiger partial charge in [-0.1, -0.05) is 30.3 Å². The number of fused-ring (bicyclic) bond motifs is 1. The van der Waals surface area contributed by atoms with E-state index in [-0.39, 0.29) is 18.1 Å². The summed E-state index contributed by atoms with van der Waals surface area (Å²) in [5.74, 6) is -2.98. The van der Waals surface area contributed by atoms with Gasteiger partial charge in [-0.2, -0.15) is 8.78 Å². The average Bonchev–Trinajstić information content (AvgIpc) is 3.27. The largest absolute Gasteiger partial charge is 0.486 e. The molecule has 0 aliphatic carbocycles. The van der Waals surface area contributed by atoms with Crippen LogP contribution in [0.5, 0.6) is 5.75 Å². The molecule has 3 aromatic carbocycles.